The van der Waals surface area contributed by atoms with Gasteiger partial charge in [-0.3, -0.25) is 4.79 Å². The first kappa shape index (κ1) is 21.4. The lowest BCUT2D eigenvalue weighted by Gasteiger charge is -2.10. The highest BCUT2D eigenvalue weighted by molar-refractivity contribution is 9.11. The number of hydrazone groups is 1. The van der Waals surface area contributed by atoms with Crippen molar-refractivity contribution in [3.63, 3.8) is 0 Å². The van der Waals surface area contributed by atoms with Crippen molar-refractivity contribution in [3.05, 3.63) is 27.1 Å². The van der Waals surface area contributed by atoms with Crippen LogP contribution in [0.4, 0.5) is 0 Å². The molecule has 0 bridgehead atoms. The number of carbonyl (C=O) groups is 1. The predicted molar refractivity (Wildman–Crippen MR) is 114 cm³/mol. The van der Waals surface area contributed by atoms with E-state index in [1.165, 1.54) is 44.9 Å². The smallest absolute Gasteiger partial charge is 0.277 e. The molecule has 1 aliphatic carbocycles. The number of benzene rings is 1. The molecule has 1 aromatic carbocycles. The van der Waals surface area contributed by atoms with Gasteiger partial charge in [-0.05, 0) is 59.8 Å². The zero-order valence-corrected chi connectivity index (χ0v) is 18.4. The minimum absolute atomic E-state index is 0.0446. The van der Waals surface area contributed by atoms with E-state index < -0.39 is 0 Å². The minimum Gasteiger partial charge on any atom is -0.483 e. The molecule has 6 heteroatoms. The molecule has 0 radical (unpaired) electrons. The van der Waals surface area contributed by atoms with Crippen LogP contribution in [0.1, 0.15) is 70.6 Å². The van der Waals surface area contributed by atoms with Crippen molar-refractivity contribution >= 4 is 43.5 Å². The SMILES string of the molecule is O=C(COc1ccc(Br)cc1Br)NN=C1CCCCCCCCCCC1. The van der Waals surface area contributed by atoms with Gasteiger partial charge in [-0.15, -0.1) is 0 Å². The summed E-state index contributed by atoms with van der Waals surface area (Å²) in [4.78, 5) is 12.0. The summed E-state index contributed by atoms with van der Waals surface area (Å²) >= 11 is 6.82. The molecule has 1 aliphatic rings. The van der Waals surface area contributed by atoms with Crippen molar-refractivity contribution in [2.45, 2.75) is 70.6 Å². The van der Waals surface area contributed by atoms with Crippen molar-refractivity contribution in [1.29, 1.82) is 0 Å². The monoisotopic (exact) mass is 486 g/mol. The molecule has 1 saturated carbocycles. The fourth-order valence-corrected chi connectivity index (χ4v) is 4.20. The Kier molecular flexibility index (Phi) is 10.3. The van der Waals surface area contributed by atoms with E-state index in [2.05, 4.69) is 42.4 Å². The van der Waals surface area contributed by atoms with Crippen molar-refractivity contribution in [3.8, 4) is 5.75 Å². The van der Waals surface area contributed by atoms with Crippen LogP contribution in [-0.2, 0) is 4.79 Å². The van der Waals surface area contributed by atoms with E-state index in [1.54, 1.807) is 0 Å². The Bertz CT molecular complexity index is 591. The maximum absolute atomic E-state index is 12.0. The molecule has 0 atom stereocenters. The standard InChI is InChI=1S/C20H28Br2N2O2/c21-16-12-13-19(18(22)14-16)26-15-20(25)24-23-17-10-8-6-4-2-1-3-5-7-9-11-17/h12-14H,1-11,15H2,(H,24,25). The topological polar surface area (TPSA) is 50.7 Å². The quantitative estimate of drug-likeness (QED) is 0.501. The summed E-state index contributed by atoms with van der Waals surface area (Å²) in [5.74, 6) is 0.417. The summed E-state index contributed by atoms with van der Waals surface area (Å²) < 4.78 is 7.32. The second-order valence-electron chi connectivity index (χ2n) is 6.76. The third kappa shape index (κ3) is 8.67. The Balaban J connectivity index is 1.79. The summed E-state index contributed by atoms with van der Waals surface area (Å²) in [7, 11) is 0. The molecule has 26 heavy (non-hydrogen) atoms. The van der Waals surface area contributed by atoms with Crippen molar-refractivity contribution < 1.29 is 9.53 Å². The van der Waals surface area contributed by atoms with Crippen LogP contribution in [0.2, 0.25) is 0 Å². The molecule has 0 spiro atoms. The molecule has 0 aromatic heterocycles. The van der Waals surface area contributed by atoms with Gasteiger partial charge >= 0.3 is 0 Å². The van der Waals surface area contributed by atoms with Gasteiger partial charge in [0.15, 0.2) is 6.61 Å². The lowest BCUT2D eigenvalue weighted by molar-refractivity contribution is -0.123. The first-order valence-electron chi connectivity index (χ1n) is 9.57. The van der Waals surface area contributed by atoms with Crippen LogP contribution < -0.4 is 10.2 Å². The van der Waals surface area contributed by atoms with Gasteiger partial charge in [-0.2, -0.15) is 5.10 Å². The number of nitrogens with zero attached hydrogens (tertiary/aromatic N) is 1. The highest BCUT2D eigenvalue weighted by atomic mass is 79.9. The Morgan fingerprint density at radius 2 is 1.54 bits per heavy atom. The number of hydrogen-bond donors (Lipinski definition) is 1. The number of nitrogens with one attached hydrogen (secondary N) is 1. The molecule has 1 aromatic rings. The first-order chi connectivity index (χ1) is 12.6. The molecule has 0 saturated heterocycles. The molecule has 0 unspecified atom stereocenters. The van der Waals surface area contributed by atoms with Gasteiger partial charge in [-0.25, -0.2) is 5.43 Å². The van der Waals surface area contributed by atoms with Crippen LogP contribution in [0.3, 0.4) is 0 Å². The molecule has 0 heterocycles. The van der Waals surface area contributed by atoms with Crippen molar-refractivity contribution in [2.75, 3.05) is 6.61 Å². The van der Waals surface area contributed by atoms with E-state index in [-0.39, 0.29) is 12.5 Å². The predicted octanol–water partition coefficient (Wildman–Crippen LogP) is 6.37. The fraction of sp³-hybridized carbons (Fsp3) is 0.600. The summed E-state index contributed by atoms with van der Waals surface area (Å²) in [6.45, 7) is -0.0446. The van der Waals surface area contributed by atoms with Gasteiger partial charge < -0.3 is 4.74 Å². The summed E-state index contributed by atoms with van der Waals surface area (Å²) in [5, 5.41) is 4.38. The molecule has 0 aliphatic heterocycles. The number of hydrogen-bond acceptors (Lipinski definition) is 3. The minimum atomic E-state index is -0.224. The van der Waals surface area contributed by atoms with Crippen LogP contribution in [0.25, 0.3) is 0 Å². The summed E-state index contributed by atoms with van der Waals surface area (Å²) in [5.41, 5.74) is 3.78. The second-order valence-corrected chi connectivity index (χ2v) is 8.53. The van der Waals surface area contributed by atoms with Crippen LogP contribution in [0, 0.1) is 0 Å². The van der Waals surface area contributed by atoms with Gasteiger partial charge in [0.2, 0.25) is 0 Å². The van der Waals surface area contributed by atoms with Crippen molar-refractivity contribution in [2.24, 2.45) is 5.10 Å². The molecular weight excluding hydrogens is 460 g/mol. The average molecular weight is 488 g/mol. The van der Waals surface area contributed by atoms with Crippen LogP contribution in [-0.4, -0.2) is 18.2 Å². The number of halogens is 2. The fourth-order valence-electron chi connectivity index (χ4n) is 3.04. The van der Waals surface area contributed by atoms with Gasteiger partial charge in [0.1, 0.15) is 5.75 Å². The van der Waals surface area contributed by atoms with Crippen LogP contribution >= 0.6 is 31.9 Å². The molecule has 1 amide bonds. The molecular formula is C20H28Br2N2O2. The van der Waals surface area contributed by atoms with Crippen LogP contribution in [0.15, 0.2) is 32.2 Å². The van der Waals surface area contributed by atoms with Crippen molar-refractivity contribution in [1.82, 2.24) is 5.43 Å². The Labute approximate surface area is 173 Å². The summed E-state index contributed by atoms with van der Waals surface area (Å²) in [6, 6.07) is 5.58. The summed E-state index contributed by atoms with van der Waals surface area (Å²) in [6.07, 6.45) is 13.5. The van der Waals surface area contributed by atoms with E-state index in [0.717, 1.165) is 40.3 Å². The second kappa shape index (κ2) is 12.5. The maximum Gasteiger partial charge on any atom is 0.277 e. The van der Waals surface area contributed by atoms with Gasteiger partial charge in [-0.1, -0.05) is 60.9 Å². The number of ether oxygens (including phenoxy) is 1. The molecule has 4 nitrogen and oxygen atoms in total. The zero-order valence-electron chi connectivity index (χ0n) is 15.2. The number of carbonyl (C=O) groups excluding carboxylic acids is 1. The third-order valence-electron chi connectivity index (χ3n) is 4.52. The van der Waals surface area contributed by atoms with E-state index in [0.29, 0.717) is 5.75 Å². The zero-order chi connectivity index (χ0) is 18.6. The van der Waals surface area contributed by atoms with Crippen LogP contribution in [0.5, 0.6) is 5.75 Å². The Morgan fingerprint density at radius 3 is 2.12 bits per heavy atom. The Hall–Kier alpha value is -0.880. The molecule has 144 valence electrons. The molecule has 1 N–H and O–H groups in total. The third-order valence-corrected chi connectivity index (χ3v) is 5.64. The lowest BCUT2D eigenvalue weighted by atomic mass is 10.00. The highest BCUT2D eigenvalue weighted by Gasteiger charge is 2.07. The average Bonchev–Trinajstić information content (AvgIpc) is 2.60. The number of rotatable bonds is 4. The first-order valence-corrected chi connectivity index (χ1v) is 11.2. The van der Waals surface area contributed by atoms with Gasteiger partial charge in [0.05, 0.1) is 4.47 Å². The maximum atomic E-state index is 12.0. The highest BCUT2D eigenvalue weighted by Crippen LogP contribution is 2.28. The van der Waals surface area contributed by atoms with Gasteiger partial charge in [0, 0.05) is 10.2 Å². The van der Waals surface area contributed by atoms with E-state index in [4.69, 9.17) is 4.74 Å². The molecule has 1 fully saturated rings. The normalized spacial score (nSPS) is 16.9. The van der Waals surface area contributed by atoms with E-state index >= 15 is 0 Å². The van der Waals surface area contributed by atoms with Gasteiger partial charge in [0.25, 0.3) is 5.91 Å². The largest absolute Gasteiger partial charge is 0.483 e. The van der Waals surface area contributed by atoms with E-state index in [1.807, 2.05) is 18.2 Å². The number of amides is 1. The molecule has 2 rings (SSSR count). The van der Waals surface area contributed by atoms with E-state index in [9.17, 15) is 4.79 Å². The lowest BCUT2D eigenvalue weighted by Crippen LogP contribution is -2.26. The Morgan fingerprint density at radius 1 is 0.962 bits per heavy atom.